The third kappa shape index (κ3) is 10.5. The molecule has 0 saturated carbocycles. The smallest absolute Gasteiger partial charge is 0.269 e. The number of quaternary nitrogens is 2. The second-order valence-corrected chi connectivity index (χ2v) is 10.3. The van der Waals surface area contributed by atoms with Crippen molar-refractivity contribution in [3.05, 3.63) is 29.6 Å². The molecule has 0 aliphatic carbocycles. The molecule has 0 fully saturated rings. The van der Waals surface area contributed by atoms with Gasteiger partial charge in [-0.1, -0.05) is 49.2 Å². The Labute approximate surface area is 170 Å². The number of hydrogen-bond donors (Lipinski definition) is 4. The van der Waals surface area contributed by atoms with Gasteiger partial charge < -0.3 is 22.1 Å². The molecule has 0 atom stereocenters. The molecule has 0 radical (unpaired) electrons. The van der Waals surface area contributed by atoms with Crippen molar-refractivity contribution in [1.29, 1.82) is 0 Å². The Morgan fingerprint density at radius 1 is 0.808 bits per heavy atom. The highest BCUT2D eigenvalue weighted by molar-refractivity contribution is 8.77. The van der Waals surface area contributed by atoms with Gasteiger partial charge in [0.15, 0.2) is 0 Å². The number of amides is 2. The van der Waals surface area contributed by atoms with Crippen molar-refractivity contribution in [3.63, 3.8) is 0 Å². The van der Waals surface area contributed by atoms with Crippen molar-refractivity contribution in [2.75, 3.05) is 49.2 Å². The minimum atomic E-state index is -0.262. The van der Waals surface area contributed by atoms with Gasteiger partial charge in [0.05, 0.1) is 24.6 Å². The number of aromatic nitrogens is 1. The van der Waals surface area contributed by atoms with Crippen molar-refractivity contribution in [2.24, 2.45) is 0 Å². The maximum Gasteiger partial charge on any atom is 0.269 e. The van der Waals surface area contributed by atoms with Crippen molar-refractivity contribution >= 4 is 55.0 Å². The number of rotatable bonds is 14. The average molecular weight is 438 g/mol. The van der Waals surface area contributed by atoms with Crippen LogP contribution in [0.25, 0.3) is 0 Å². The Morgan fingerprint density at radius 3 is 1.65 bits per heavy atom. The van der Waals surface area contributed by atoms with Gasteiger partial charge in [0.1, 0.15) is 11.4 Å². The fourth-order valence-corrected chi connectivity index (χ4v) is 5.33. The molecule has 0 aliphatic heterocycles. The van der Waals surface area contributed by atoms with Crippen LogP contribution in [0.4, 0.5) is 0 Å². The van der Waals surface area contributed by atoms with Crippen LogP contribution in [0.3, 0.4) is 0 Å². The van der Waals surface area contributed by atoms with E-state index >= 15 is 0 Å². The standard InChI is InChI=1S/C15H25N5O2S4/c16-4-8-23-25-10-6-18-14(21)12-2-1-3-13(20-12)15(22)19-7-11-26-24-9-5-17/h1-3H,4-11,16-17H2,(H,18,21)(H,19,22)/p+2. The van der Waals surface area contributed by atoms with Gasteiger partial charge in [0, 0.05) is 24.6 Å². The zero-order valence-corrected chi connectivity index (χ0v) is 18.0. The van der Waals surface area contributed by atoms with Gasteiger partial charge in [-0.2, -0.15) is 0 Å². The van der Waals surface area contributed by atoms with E-state index in [0.29, 0.717) is 13.1 Å². The molecule has 0 unspecified atom stereocenters. The van der Waals surface area contributed by atoms with E-state index in [-0.39, 0.29) is 23.2 Å². The fraction of sp³-hybridized carbons (Fsp3) is 0.533. The van der Waals surface area contributed by atoms with Gasteiger partial charge in [-0.3, -0.25) is 9.59 Å². The van der Waals surface area contributed by atoms with E-state index in [0.717, 1.165) is 36.1 Å². The first-order chi connectivity index (χ1) is 12.7. The fourth-order valence-electron chi connectivity index (χ4n) is 1.63. The highest BCUT2D eigenvalue weighted by Gasteiger charge is 2.11. The summed E-state index contributed by atoms with van der Waals surface area (Å²) >= 11 is 0. The molecule has 1 aromatic rings. The van der Waals surface area contributed by atoms with Crippen LogP contribution in [0, 0.1) is 0 Å². The molecule has 2 amide bonds. The number of hydrogen-bond acceptors (Lipinski definition) is 7. The number of carbonyl (C=O) groups is 2. The van der Waals surface area contributed by atoms with Crippen LogP contribution in [-0.2, 0) is 0 Å². The summed E-state index contributed by atoms with van der Waals surface area (Å²) in [7, 11) is 6.92. The van der Waals surface area contributed by atoms with Gasteiger partial charge in [-0.05, 0) is 12.1 Å². The lowest BCUT2D eigenvalue weighted by Crippen LogP contribution is -2.51. The highest BCUT2D eigenvalue weighted by atomic mass is 33.1. The first-order valence-electron chi connectivity index (χ1n) is 8.29. The van der Waals surface area contributed by atoms with Gasteiger partial charge in [0.2, 0.25) is 0 Å². The van der Waals surface area contributed by atoms with Crippen LogP contribution in [0.2, 0.25) is 0 Å². The molecule has 0 aromatic carbocycles. The summed E-state index contributed by atoms with van der Waals surface area (Å²) in [6.07, 6.45) is 0. The number of nitrogens with zero attached hydrogens (tertiary/aromatic N) is 1. The molecule has 0 spiro atoms. The van der Waals surface area contributed by atoms with Crippen molar-refractivity contribution in [1.82, 2.24) is 15.6 Å². The van der Waals surface area contributed by atoms with Crippen LogP contribution in [0.15, 0.2) is 18.2 Å². The molecular formula is C15H27N5O2S4+2. The zero-order chi connectivity index (χ0) is 19.0. The van der Waals surface area contributed by atoms with Gasteiger partial charge >= 0.3 is 0 Å². The highest BCUT2D eigenvalue weighted by Crippen LogP contribution is 2.19. The van der Waals surface area contributed by atoms with Crippen molar-refractivity contribution < 1.29 is 21.1 Å². The third-order valence-corrected chi connectivity index (χ3v) is 7.76. The summed E-state index contributed by atoms with van der Waals surface area (Å²) in [6.45, 7) is 2.93. The summed E-state index contributed by atoms with van der Waals surface area (Å²) in [4.78, 5) is 28.4. The topological polar surface area (TPSA) is 126 Å². The minimum Gasteiger partial charge on any atom is -0.357 e. The number of nitrogens with one attached hydrogen (secondary N) is 2. The first kappa shape index (κ1) is 23.4. The Hall–Kier alpha value is -0.590. The van der Waals surface area contributed by atoms with Crippen LogP contribution in [-0.4, -0.2) is 66.0 Å². The largest absolute Gasteiger partial charge is 0.357 e. The van der Waals surface area contributed by atoms with E-state index in [1.54, 1.807) is 61.4 Å². The molecule has 11 heteroatoms. The maximum atomic E-state index is 12.1. The lowest BCUT2D eigenvalue weighted by atomic mass is 10.2. The average Bonchev–Trinajstić information content (AvgIpc) is 2.67. The normalized spacial score (nSPS) is 10.5. The van der Waals surface area contributed by atoms with E-state index in [1.165, 1.54) is 0 Å². The molecule has 26 heavy (non-hydrogen) atoms. The minimum absolute atomic E-state index is 0.258. The molecular weight excluding hydrogens is 410 g/mol. The molecule has 0 aliphatic rings. The molecule has 8 N–H and O–H groups in total. The van der Waals surface area contributed by atoms with Gasteiger partial charge in [-0.15, -0.1) is 0 Å². The van der Waals surface area contributed by atoms with Crippen LogP contribution < -0.4 is 22.1 Å². The summed E-state index contributed by atoms with van der Waals surface area (Å²) in [6, 6.07) is 4.90. The Morgan fingerprint density at radius 2 is 1.23 bits per heavy atom. The molecule has 1 rings (SSSR count). The van der Waals surface area contributed by atoms with Gasteiger partial charge in [-0.25, -0.2) is 4.98 Å². The second-order valence-electron chi connectivity index (χ2n) is 4.91. The molecule has 1 heterocycles. The predicted octanol–water partition coefficient (Wildman–Crippen LogP) is -0.212. The van der Waals surface area contributed by atoms with Crippen molar-refractivity contribution in [2.45, 2.75) is 0 Å². The predicted molar refractivity (Wildman–Crippen MR) is 114 cm³/mol. The third-order valence-electron chi connectivity index (χ3n) is 2.78. The monoisotopic (exact) mass is 437 g/mol. The molecule has 7 nitrogen and oxygen atoms in total. The van der Waals surface area contributed by atoms with E-state index in [2.05, 4.69) is 27.1 Å². The maximum absolute atomic E-state index is 12.1. The molecule has 146 valence electrons. The number of pyridine rings is 1. The van der Waals surface area contributed by atoms with Gasteiger partial charge in [0.25, 0.3) is 11.8 Å². The van der Waals surface area contributed by atoms with Crippen LogP contribution in [0.1, 0.15) is 21.0 Å². The summed E-state index contributed by atoms with van der Waals surface area (Å²) < 4.78 is 0. The summed E-state index contributed by atoms with van der Waals surface area (Å²) in [5.74, 6) is 3.13. The molecule has 1 aromatic heterocycles. The Kier molecular flexibility index (Phi) is 13.9. The molecule has 0 bridgehead atoms. The SMILES string of the molecule is [NH3+]CCSSCCNC(=O)c1cccc(C(=O)NCCSSCC[NH3+])n1. The second kappa shape index (κ2) is 15.5. The van der Waals surface area contributed by atoms with E-state index in [1.807, 2.05) is 0 Å². The Bertz CT molecular complexity index is 507. The van der Waals surface area contributed by atoms with Crippen molar-refractivity contribution in [3.8, 4) is 0 Å². The first-order valence-corrected chi connectivity index (χ1v) is 13.3. The Balaban J connectivity index is 2.34. The molecule has 0 saturated heterocycles. The lowest BCUT2D eigenvalue weighted by molar-refractivity contribution is -0.360. The van der Waals surface area contributed by atoms with Crippen LogP contribution >= 0.6 is 43.2 Å². The number of carbonyl (C=O) groups excluding carboxylic acids is 2. The summed E-state index contributed by atoms with van der Waals surface area (Å²) in [5, 5.41) is 5.64. The quantitative estimate of drug-likeness (QED) is 0.234. The lowest BCUT2D eigenvalue weighted by Gasteiger charge is -2.07. The van der Waals surface area contributed by atoms with E-state index in [9.17, 15) is 9.59 Å². The zero-order valence-electron chi connectivity index (χ0n) is 14.7. The van der Waals surface area contributed by atoms with Crippen LogP contribution in [0.5, 0.6) is 0 Å². The van der Waals surface area contributed by atoms with E-state index in [4.69, 9.17) is 0 Å². The van der Waals surface area contributed by atoms with E-state index < -0.39 is 0 Å². The summed E-state index contributed by atoms with van der Waals surface area (Å²) in [5.41, 5.74) is 8.07.